The normalized spacial score (nSPS) is 26.7. The molecule has 0 unspecified atom stereocenters. The van der Waals surface area contributed by atoms with E-state index < -0.39 is 0 Å². The first-order valence-electron chi connectivity index (χ1n) is 3.10. The third-order valence-electron chi connectivity index (χ3n) is 1.54. The van der Waals surface area contributed by atoms with Gasteiger partial charge in [0, 0.05) is 6.04 Å². The highest BCUT2D eigenvalue weighted by molar-refractivity contribution is 8.13. The summed E-state index contributed by atoms with van der Waals surface area (Å²) in [4.78, 5) is 0. The molecule has 9 heavy (non-hydrogen) atoms. The zero-order valence-electron chi connectivity index (χ0n) is 5.08. The average Bonchev–Trinajstić information content (AvgIpc) is 2.58. The summed E-state index contributed by atoms with van der Waals surface area (Å²) in [6.45, 7) is 0. The van der Waals surface area contributed by atoms with Gasteiger partial charge in [-0.25, -0.2) is 0 Å². The summed E-state index contributed by atoms with van der Waals surface area (Å²) in [6, 6.07) is 0.721. The van der Waals surface area contributed by atoms with Gasteiger partial charge < -0.3 is 5.73 Å². The summed E-state index contributed by atoms with van der Waals surface area (Å²) in [6.07, 6.45) is 2.61. The van der Waals surface area contributed by atoms with Crippen molar-refractivity contribution in [2.24, 2.45) is 10.8 Å². The van der Waals surface area contributed by atoms with Crippen LogP contribution in [0.3, 0.4) is 0 Å². The van der Waals surface area contributed by atoms with Gasteiger partial charge in [-0.15, -0.1) is 0 Å². The number of hydrogen-bond donors (Lipinski definition) is 1. The molecule has 2 aliphatic rings. The van der Waals surface area contributed by atoms with Crippen molar-refractivity contribution in [2.45, 2.75) is 18.9 Å². The Hall–Kier alpha value is -0.380. The van der Waals surface area contributed by atoms with Crippen molar-refractivity contribution in [3.63, 3.8) is 0 Å². The Morgan fingerprint density at radius 3 is 2.89 bits per heavy atom. The number of nitrogens with zero attached hydrogens (tertiary/aromatic N) is 2. The van der Waals surface area contributed by atoms with Crippen LogP contribution < -0.4 is 5.73 Å². The van der Waals surface area contributed by atoms with E-state index in [0.29, 0.717) is 0 Å². The minimum Gasteiger partial charge on any atom is -0.377 e. The number of hydrogen-bond acceptors (Lipinski definition) is 4. The topological polar surface area (TPSA) is 41.6 Å². The van der Waals surface area contributed by atoms with Crippen LogP contribution in [-0.2, 0) is 0 Å². The molecular formula is C5H9N3S. The Balaban J connectivity index is 1.99. The van der Waals surface area contributed by atoms with E-state index in [0.717, 1.165) is 17.1 Å². The van der Waals surface area contributed by atoms with E-state index in [-0.39, 0.29) is 0 Å². The zero-order valence-corrected chi connectivity index (χ0v) is 5.90. The number of hydrazone groups is 1. The van der Waals surface area contributed by atoms with Crippen LogP contribution in [0.25, 0.3) is 0 Å². The van der Waals surface area contributed by atoms with E-state index in [1.165, 1.54) is 12.8 Å². The van der Waals surface area contributed by atoms with E-state index in [9.17, 15) is 0 Å². The van der Waals surface area contributed by atoms with Crippen LogP contribution in [0.4, 0.5) is 0 Å². The van der Waals surface area contributed by atoms with Gasteiger partial charge in [0.2, 0.25) is 0 Å². The fourth-order valence-electron chi connectivity index (χ4n) is 0.876. The van der Waals surface area contributed by atoms with Crippen LogP contribution >= 0.6 is 11.8 Å². The zero-order chi connectivity index (χ0) is 6.27. The molecule has 0 aromatic carbocycles. The number of amidine groups is 1. The molecule has 0 spiro atoms. The second-order valence-corrected chi connectivity index (χ2v) is 3.35. The van der Waals surface area contributed by atoms with Crippen molar-refractivity contribution in [3.05, 3.63) is 0 Å². The van der Waals surface area contributed by atoms with E-state index in [2.05, 4.69) is 10.1 Å². The molecule has 2 rings (SSSR count). The second kappa shape index (κ2) is 1.80. The maximum absolute atomic E-state index is 5.46. The van der Waals surface area contributed by atoms with Crippen LogP contribution in [0.15, 0.2) is 5.10 Å². The number of nitrogens with two attached hydrogens (primary N) is 1. The maximum atomic E-state index is 5.46. The predicted octanol–water partition coefficient (Wildman–Crippen LogP) is 0.385. The van der Waals surface area contributed by atoms with Crippen LogP contribution in [0.5, 0.6) is 0 Å². The third kappa shape index (κ3) is 0.986. The standard InChI is InChI=1S/C5H9N3S/c6-5-7-8(3-9-5)4-1-2-4/h4H,1-3H2,(H2,6,7). The summed E-state index contributed by atoms with van der Waals surface area (Å²) in [5, 5.41) is 6.95. The van der Waals surface area contributed by atoms with Crippen LogP contribution in [0.2, 0.25) is 0 Å². The van der Waals surface area contributed by atoms with Gasteiger partial charge in [-0.05, 0) is 12.8 Å². The van der Waals surface area contributed by atoms with Gasteiger partial charge in [-0.3, -0.25) is 5.01 Å². The quantitative estimate of drug-likeness (QED) is 0.577. The van der Waals surface area contributed by atoms with Crippen LogP contribution in [-0.4, -0.2) is 22.1 Å². The second-order valence-electron chi connectivity index (χ2n) is 2.38. The van der Waals surface area contributed by atoms with Crippen molar-refractivity contribution in [2.75, 3.05) is 5.88 Å². The summed E-state index contributed by atoms with van der Waals surface area (Å²) in [5.41, 5.74) is 5.46. The lowest BCUT2D eigenvalue weighted by molar-refractivity contribution is 0.336. The molecule has 4 heteroatoms. The van der Waals surface area contributed by atoms with Crippen molar-refractivity contribution in [1.29, 1.82) is 0 Å². The fourth-order valence-corrected chi connectivity index (χ4v) is 1.57. The van der Waals surface area contributed by atoms with E-state index >= 15 is 0 Å². The minimum atomic E-state index is 0.721. The van der Waals surface area contributed by atoms with E-state index in [1.54, 1.807) is 11.8 Å². The smallest absolute Gasteiger partial charge is 0.179 e. The average molecular weight is 143 g/mol. The Bertz CT molecular complexity index is 152. The highest BCUT2D eigenvalue weighted by Crippen LogP contribution is 2.31. The van der Waals surface area contributed by atoms with Gasteiger partial charge in [0.15, 0.2) is 5.17 Å². The summed E-state index contributed by atoms with van der Waals surface area (Å²) in [5.74, 6) is 0.969. The molecule has 0 bridgehead atoms. The Morgan fingerprint density at radius 2 is 2.44 bits per heavy atom. The van der Waals surface area contributed by atoms with Crippen molar-refractivity contribution >= 4 is 16.9 Å². The molecule has 3 nitrogen and oxygen atoms in total. The molecule has 1 aliphatic carbocycles. The Morgan fingerprint density at radius 1 is 1.67 bits per heavy atom. The molecule has 1 saturated carbocycles. The SMILES string of the molecule is NC1=NN(C2CC2)CS1. The van der Waals surface area contributed by atoms with E-state index in [4.69, 9.17) is 5.73 Å². The third-order valence-corrected chi connectivity index (χ3v) is 2.31. The lowest BCUT2D eigenvalue weighted by Gasteiger charge is -2.08. The maximum Gasteiger partial charge on any atom is 0.179 e. The number of thioether (sulfide) groups is 1. The molecule has 0 radical (unpaired) electrons. The Kier molecular flexibility index (Phi) is 1.08. The van der Waals surface area contributed by atoms with E-state index in [1.807, 2.05) is 0 Å². The molecule has 1 fully saturated rings. The van der Waals surface area contributed by atoms with Gasteiger partial charge in [0.25, 0.3) is 0 Å². The highest BCUT2D eigenvalue weighted by Gasteiger charge is 2.30. The molecule has 0 saturated heterocycles. The summed E-state index contributed by atoms with van der Waals surface area (Å²) < 4.78 is 0. The van der Waals surface area contributed by atoms with Crippen molar-refractivity contribution < 1.29 is 0 Å². The molecule has 0 aromatic rings. The first-order chi connectivity index (χ1) is 4.36. The lowest BCUT2D eigenvalue weighted by Crippen LogP contribution is -2.15. The van der Waals surface area contributed by atoms with Gasteiger partial charge in [-0.2, -0.15) is 5.10 Å². The highest BCUT2D eigenvalue weighted by atomic mass is 32.2. The molecule has 50 valence electrons. The van der Waals surface area contributed by atoms with Gasteiger partial charge in [0.1, 0.15) is 0 Å². The summed E-state index contributed by atoms with van der Waals surface area (Å²) >= 11 is 1.63. The van der Waals surface area contributed by atoms with Crippen LogP contribution in [0, 0.1) is 0 Å². The molecule has 1 aliphatic heterocycles. The molecule has 0 aromatic heterocycles. The van der Waals surface area contributed by atoms with Crippen LogP contribution in [0.1, 0.15) is 12.8 Å². The number of rotatable bonds is 1. The van der Waals surface area contributed by atoms with Crippen molar-refractivity contribution in [1.82, 2.24) is 5.01 Å². The minimum absolute atomic E-state index is 0.721. The molecule has 0 amide bonds. The first-order valence-corrected chi connectivity index (χ1v) is 4.08. The fraction of sp³-hybridized carbons (Fsp3) is 0.800. The summed E-state index contributed by atoms with van der Waals surface area (Å²) in [7, 11) is 0. The van der Waals surface area contributed by atoms with Gasteiger partial charge >= 0.3 is 0 Å². The molecule has 2 N–H and O–H groups in total. The monoisotopic (exact) mass is 143 g/mol. The largest absolute Gasteiger partial charge is 0.377 e. The molecule has 0 atom stereocenters. The lowest BCUT2D eigenvalue weighted by atomic mass is 10.7. The predicted molar refractivity (Wildman–Crippen MR) is 38.9 cm³/mol. The molecule has 1 heterocycles. The first kappa shape index (κ1) is 5.41. The van der Waals surface area contributed by atoms with Gasteiger partial charge in [0.05, 0.1) is 5.88 Å². The van der Waals surface area contributed by atoms with Gasteiger partial charge in [-0.1, -0.05) is 11.8 Å². The van der Waals surface area contributed by atoms with Crippen molar-refractivity contribution in [3.8, 4) is 0 Å². The Labute approximate surface area is 58.3 Å². The molecular weight excluding hydrogens is 134 g/mol.